The molecule has 4 heteroatoms. The third-order valence-electron chi connectivity index (χ3n) is 1.36. The van der Waals surface area contributed by atoms with Gasteiger partial charge < -0.3 is 5.32 Å². The lowest BCUT2D eigenvalue weighted by Gasteiger charge is -1.96. The summed E-state index contributed by atoms with van der Waals surface area (Å²) in [6, 6.07) is 5.98. The molecular formula is C8H14Cl2N2. The van der Waals surface area contributed by atoms with E-state index in [4.69, 9.17) is 0 Å². The summed E-state index contributed by atoms with van der Waals surface area (Å²) in [6.07, 6.45) is 2.84. The van der Waals surface area contributed by atoms with E-state index < -0.39 is 0 Å². The standard InChI is InChI=1S/C8H12N2.2ClH/c1-9-7-5-8-4-2-3-6-10-8;;/h2-4,6,9H,5,7H2,1H3;2*1H. The molecule has 0 bridgehead atoms. The van der Waals surface area contributed by atoms with Crippen molar-refractivity contribution in [2.24, 2.45) is 0 Å². The number of rotatable bonds is 3. The summed E-state index contributed by atoms with van der Waals surface area (Å²) >= 11 is 0. The average Bonchev–Trinajstić information content (AvgIpc) is 2.03. The van der Waals surface area contributed by atoms with Crippen LogP contribution in [0.25, 0.3) is 0 Å². The van der Waals surface area contributed by atoms with Crippen LogP contribution >= 0.6 is 24.8 Å². The van der Waals surface area contributed by atoms with Crippen LogP contribution < -0.4 is 5.32 Å². The van der Waals surface area contributed by atoms with E-state index in [1.165, 1.54) is 0 Å². The van der Waals surface area contributed by atoms with Crippen molar-refractivity contribution in [1.82, 2.24) is 10.3 Å². The predicted octanol–water partition coefficient (Wildman–Crippen LogP) is 1.69. The molecule has 1 aromatic rings. The molecule has 0 radical (unpaired) electrons. The molecule has 0 aliphatic heterocycles. The third kappa shape index (κ3) is 5.35. The zero-order chi connectivity index (χ0) is 7.23. The van der Waals surface area contributed by atoms with Gasteiger partial charge in [-0.1, -0.05) is 6.07 Å². The molecule has 0 aliphatic carbocycles. The first-order chi connectivity index (χ1) is 4.93. The maximum Gasteiger partial charge on any atom is 0.0416 e. The third-order valence-corrected chi connectivity index (χ3v) is 1.36. The molecule has 0 aromatic carbocycles. The zero-order valence-electron chi connectivity index (χ0n) is 6.99. The van der Waals surface area contributed by atoms with Crippen LogP contribution in [0.1, 0.15) is 5.69 Å². The van der Waals surface area contributed by atoms with Gasteiger partial charge in [0.15, 0.2) is 0 Å². The Morgan fingerprint density at radius 1 is 1.33 bits per heavy atom. The molecule has 1 N–H and O–H groups in total. The second-order valence-electron chi connectivity index (χ2n) is 2.17. The van der Waals surface area contributed by atoms with Crippen LogP contribution in [0.4, 0.5) is 0 Å². The normalized spacial score (nSPS) is 8.08. The highest BCUT2D eigenvalue weighted by atomic mass is 35.5. The predicted molar refractivity (Wildman–Crippen MR) is 56.4 cm³/mol. The van der Waals surface area contributed by atoms with E-state index in [0.29, 0.717) is 0 Å². The lowest BCUT2D eigenvalue weighted by Crippen LogP contribution is -2.10. The number of hydrogen-bond acceptors (Lipinski definition) is 2. The van der Waals surface area contributed by atoms with Gasteiger partial charge in [0.05, 0.1) is 0 Å². The van der Waals surface area contributed by atoms with Gasteiger partial charge in [0.25, 0.3) is 0 Å². The van der Waals surface area contributed by atoms with Gasteiger partial charge in [0, 0.05) is 24.9 Å². The molecule has 70 valence electrons. The molecule has 0 aliphatic rings. The van der Waals surface area contributed by atoms with Gasteiger partial charge in [-0.25, -0.2) is 0 Å². The van der Waals surface area contributed by atoms with E-state index in [1.807, 2.05) is 31.4 Å². The topological polar surface area (TPSA) is 24.9 Å². The first kappa shape index (κ1) is 14.2. The molecule has 0 saturated carbocycles. The van der Waals surface area contributed by atoms with Gasteiger partial charge in [0.1, 0.15) is 0 Å². The van der Waals surface area contributed by atoms with E-state index >= 15 is 0 Å². The van der Waals surface area contributed by atoms with Crippen LogP contribution in [-0.2, 0) is 6.42 Å². The molecule has 0 amide bonds. The Morgan fingerprint density at radius 2 is 2.08 bits per heavy atom. The SMILES string of the molecule is CNCCc1ccccn1.Cl.Cl. The van der Waals surface area contributed by atoms with Crippen molar-refractivity contribution in [2.45, 2.75) is 6.42 Å². The fourth-order valence-electron chi connectivity index (χ4n) is 0.799. The first-order valence-electron chi connectivity index (χ1n) is 3.48. The quantitative estimate of drug-likeness (QED) is 0.819. The second-order valence-corrected chi connectivity index (χ2v) is 2.17. The Balaban J connectivity index is 0. The lowest BCUT2D eigenvalue weighted by molar-refractivity contribution is 0.776. The average molecular weight is 209 g/mol. The molecule has 2 nitrogen and oxygen atoms in total. The molecule has 0 atom stereocenters. The van der Waals surface area contributed by atoms with E-state index in [2.05, 4.69) is 10.3 Å². The maximum atomic E-state index is 4.18. The summed E-state index contributed by atoms with van der Waals surface area (Å²) in [4.78, 5) is 4.18. The Bertz CT molecular complexity index is 180. The fourth-order valence-corrected chi connectivity index (χ4v) is 0.799. The first-order valence-corrected chi connectivity index (χ1v) is 3.48. The van der Waals surface area contributed by atoms with Crippen molar-refractivity contribution in [2.75, 3.05) is 13.6 Å². The zero-order valence-corrected chi connectivity index (χ0v) is 8.62. The van der Waals surface area contributed by atoms with Crippen molar-refractivity contribution >= 4 is 24.8 Å². The number of halogens is 2. The fraction of sp³-hybridized carbons (Fsp3) is 0.375. The van der Waals surface area contributed by atoms with Gasteiger partial charge >= 0.3 is 0 Å². The Kier molecular flexibility index (Phi) is 10.4. The highest BCUT2D eigenvalue weighted by Gasteiger charge is 1.88. The molecule has 1 rings (SSSR count). The van der Waals surface area contributed by atoms with Crippen molar-refractivity contribution in [3.63, 3.8) is 0 Å². The van der Waals surface area contributed by atoms with Crippen LogP contribution in [0.15, 0.2) is 24.4 Å². The minimum absolute atomic E-state index is 0. The van der Waals surface area contributed by atoms with E-state index in [-0.39, 0.29) is 24.8 Å². The van der Waals surface area contributed by atoms with E-state index in [1.54, 1.807) is 0 Å². The maximum absolute atomic E-state index is 4.18. The van der Waals surface area contributed by atoms with Crippen molar-refractivity contribution < 1.29 is 0 Å². The van der Waals surface area contributed by atoms with Crippen LogP contribution in [-0.4, -0.2) is 18.6 Å². The number of nitrogens with zero attached hydrogens (tertiary/aromatic N) is 1. The molecule has 0 saturated heterocycles. The molecular weight excluding hydrogens is 195 g/mol. The lowest BCUT2D eigenvalue weighted by atomic mass is 10.3. The van der Waals surface area contributed by atoms with Gasteiger partial charge in [-0.15, -0.1) is 24.8 Å². The molecule has 1 aromatic heterocycles. The number of likely N-dealkylation sites (N-methyl/N-ethyl adjacent to an activating group) is 1. The molecule has 0 spiro atoms. The highest BCUT2D eigenvalue weighted by Crippen LogP contribution is 1.92. The summed E-state index contributed by atoms with van der Waals surface area (Å²) in [5.41, 5.74) is 1.15. The molecule has 0 fully saturated rings. The van der Waals surface area contributed by atoms with Crippen LogP contribution in [0.3, 0.4) is 0 Å². The second kappa shape index (κ2) is 8.78. The van der Waals surface area contributed by atoms with E-state index in [9.17, 15) is 0 Å². The summed E-state index contributed by atoms with van der Waals surface area (Å²) in [7, 11) is 1.95. The summed E-state index contributed by atoms with van der Waals surface area (Å²) in [5.74, 6) is 0. The minimum atomic E-state index is 0. The smallest absolute Gasteiger partial charge is 0.0416 e. The van der Waals surface area contributed by atoms with Gasteiger partial charge in [-0.3, -0.25) is 4.98 Å². The molecule has 12 heavy (non-hydrogen) atoms. The van der Waals surface area contributed by atoms with Crippen molar-refractivity contribution in [3.8, 4) is 0 Å². The van der Waals surface area contributed by atoms with Crippen LogP contribution in [0.5, 0.6) is 0 Å². The van der Waals surface area contributed by atoms with Crippen molar-refractivity contribution in [3.05, 3.63) is 30.1 Å². The number of pyridine rings is 1. The Labute approximate surface area is 85.6 Å². The number of aromatic nitrogens is 1. The molecule has 1 heterocycles. The monoisotopic (exact) mass is 208 g/mol. The summed E-state index contributed by atoms with van der Waals surface area (Å²) < 4.78 is 0. The number of hydrogen-bond donors (Lipinski definition) is 1. The van der Waals surface area contributed by atoms with Gasteiger partial charge in [-0.2, -0.15) is 0 Å². The Morgan fingerprint density at radius 3 is 2.58 bits per heavy atom. The number of nitrogens with one attached hydrogen (secondary N) is 1. The highest BCUT2D eigenvalue weighted by molar-refractivity contribution is 5.85. The minimum Gasteiger partial charge on any atom is -0.319 e. The van der Waals surface area contributed by atoms with Gasteiger partial charge in [0.2, 0.25) is 0 Å². The van der Waals surface area contributed by atoms with E-state index in [0.717, 1.165) is 18.7 Å². The van der Waals surface area contributed by atoms with Crippen molar-refractivity contribution in [1.29, 1.82) is 0 Å². The Hall–Kier alpha value is -0.310. The van der Waals surface area contributed by atoms with Crippen LogP contribution in [0, 0.1) is 0 Å². The van der Waals surface area contributed by atoms with Gasteiger partial charge in [-0.05, 0) is 19.2 Å². The summed E-state index contributed by atoms with van der Waals surface area (Å²) in [6.45, 7) is 0.997. The largest absolute Gasteiger partial charge is 0.319 e. The summed E-state index contributed by atoms with van der Waals surface area (Å²) in [5, 5.41) is 3.08. The molecule has 0 unspecified atom stereocenters. The van der Waals surface area contributed by atoms with Crippen LogP contribution in [0.2, 0.25) is 0 Å².